The molecule has 0 aliphatic carbocycles. The standard InChI is InChI=1S/C12H17ClFNO/c1-7(2)5-11(16)12(15)9-4-3-8(14)6-10(9)13/h3-4,6-7,11-12,16H,5,15H2,1-2H3/t11-,12+/m0/s1. The molecule has 0 aliphatic rings. The van der Waals surface area contributed by atoms with Crippen molar-refractivity contribution in [2.24, 2.45) is 11.7 Å². The smallest absolute Gasteiger partial charge is 0.124 e. The molecule has 1 aromatic carbocycles. The quantitative estimate of drug-likeness (QED) is 0.857. The van der Waals surface area contributed by atoms with Crippen molar-refractivity contribution in [2.75, 3.05) is 0 Å². The molecule has 0 saturated heterocycles. The van der Waals surface area contributed by atoms with Crippen molar-refractivity contribution >= 4 is 11.6 Å². The molecule has 0 saturated carbocycles. The van der Waals surface area contributed by atoms with Crippen LogP contribution in [0.2, 0.25) is 5.02 Å². The summed E-state index contributed by atoms with van der Waals surface area (Å²) in [6.07, 6.45) is -0.0718. The molecule has 4 heteroatoms. The van der Waals surface area contributed by atoms with Crippen LogP contribution in [0, 0.1) is 11.7 Å². The summed E-state index contributed by atoms with van der Waals surface area (Å²) in [5, 5.41) is 10.1. The van der Waals surface area contributed by atoms with Crippen molar-refractivity contribution in [1.82, 2.24) is 0 Å². The topological polar surface area (TPSA) is 46.2 Å². The summed E-state index contributed by atoms with van der Waals surface area (Å²) in [7, 11) is 0. The van der Waals surface area contributed by atoms with E-state index in [1.807, 2.05) is 13.8 Å². The Labute approximate surface area is 100 Å². The summed E-state index contributed by atoms with van der Waals surface area (Å²) in [4.78, 5) is 0. The monoisotopic (exact) mass is 245 g/mol. The number of benzene rings is 1. The van der Waals surface area contributed by atoms with Gasteiger partial charge < -0.3 is 10.8 Å². The molecule has 2 atom stereocenters. The first-order valence-electron chi connectivity index (χ1n) is 5.30. The maximum atomic E-state index is 12.8. The molecule has 0 aliphatic heterocycles. The van der Waals surface area contributed by atoms with Crippen molar-refractivity contribution in [1.29, 1.82) is 0 Å². The third-order valence-corrected chi connectivity index (χ3v) is 2.78. The second-order valence-electron chi connectivity index (χ2n) is 4.39. The number of hydrogen-bond acceptors (Lipinski definition) is 2. The molecule has 0 heterocycles. The molecule has 16 heavy (non-hydrogen) atoms. The van der Waals surface area contributed by atoms with E-state index in [0.29, 0.717) is 17.9 Å². The van der Waals surface area contributed by atoms with Gasteiger partial charge in [-0.1, -0.05) is 31.5 Å². The van der Waals surface area contributed by atoms with Crippen LogP contribution in [0.5, 0.6) is 0 Å². The first kappa shape index (κ1) is 13.4. The Kier molecular flexibility index (Phi) is 4.71. The molecule has 90 valence electrons. The first-order chi connectivity index (χ1) is 7.41. The lowest BCUT2D eigenvalue weighted by molar-refractivity contribution is 0.121. The van der Waals surface area contributed by atoms with E-state index in [9.17, 15) is 9.50 Å². The molecule has 0 aromatic heterocycles. The van der Waals surface area contributed by atoms with Crippen molar-refractivity contribution in [3.63, 3.8) is 0 Å². The van der Waals surface area contributed by atoms with E-state index in [1.54, 1.807) is 0 Å². The minimum Gasteiger partial charge on any atom is -0.391 e. The lowest BCUT2D eigenvalue weighted by Gasteiger charge is -2.21. The average Bonchev–Trinajstić information content (AvgIpc) is 2.15. The van der Waals surface area contributed by atoms with E-state index in [4.69, 9.17) is 17.3 Å². The number of nitrogens with two attached hydrogens (primary N) is 1. The maximum absolute atomic E-state index is 12.8. The molecule has 0 fully saturated rings. The highest BCUT2D eigenvalue weighted by atomic mass is 35.5. The molecule has 1 aromatic rings. The fourth-order valence-electron chi connectivity index (χ4n) is 1.61. The van der Waals surface area contributed by atoms with Crippen LogP contribution in [0.15, 0.2) is 18.2 Å². The lowest BCUT2D eigenvalue weighted by Crippen LogP contribution is -2.27. The minimum atomic E-state index is -0.664. The van der Waals surface area contributed by atoms with Crippen molar-refractivity contribution < 1.29 is 9.50 Å². The van der Waals surface area contributed by atoms with Gasteiger partial charge in [-0.3, -0.25) is 0 Å². The van der Waals surface area contributed by atoms with E-state index in [1.165, 1.54) is 18.2 Å². The summed E-state index contributed by atoms with van der Waals surface area (Å²) >= 11 is 5.87. The molecular weight excluding hydrogens is 229 g/mol. The number of aliphatic hydroxyl groups excluding tert-OH is 1. The highest BCUT2D eigenvalue weighted by molar-refractivity contribution is 6.31. The van der Waals surface area contributed by atoms with Crippen LogP contribution in [-0.2, 0) is 0 Å². The first-order valence-corrected chi connectivity index (χ1v) is 5.68. The number of halogens is 2. The normalized spacial score (nSPS) is 15.2. The number of aliphatic hydroxyl groups is 1. The number of hydrogen-bond donors (Lipinski definition) is 2. The maximum Gasteiger partial charge on any atom is 0.124 e. The molecule has 3 N–H and O–H groups in total. The van der Waals surface area contributed by atoms with Gasteiger partial charge in [-0.05, 0) is 30.0 Å². The Morgan fingerprint density at radius 2 is 2.06 bits per heavy atom. The van der Waals surface area contributed by atoms with Gasteiger partial charge >= 0.3 is 0 Å². The Hall–Kier alpha value is -0.640. The second-order valence-corrected chi connectivity index (χ2v) is 4.80. The van der Waals surface area contributed by atoms with Crippen molar-refractivity contribution in [3.8, 4) is 0 Å². The largest absolute Gasteiger partial charge is 0.391 e. The summed E-state index contributed by atoms with van der Waals surface area (Å²) in [5.74, 6) is -0.0560. The Bertz CT molecular complexity index is 357. The van der Waals surface area contributed by atoms with Crippen LogP contribution in [-0.4, -0.2) is 11.2 Å². The molecule has 2 nitrogen and oxygen atoms in total. The summed E-state index contributed by atoms with van der Waals surface area (Å²) in [6, 6.07) is 3.45. The minimum absolute atomic E-state index is 0.260. The highest BCUT2D eigenvalue weighted by Gasteiger charge is 2.20. The van der Waals surface area contributed by atoms with E-state index in [2.05, 4.69) is 0 Å². The molecule has 0 spiro atoms. The van der Waals surface area contributed by atoms with Gasteiger partial charge in [0.15, 0.2) is 0 Å². The number of rotatable bonds is 4. The SMILES string of the molecule is CC(C)C[C@H](O)[C@H](N)c1ccc(F)cc1Cl. The van der Waals surface area contributed by atoms with Gasteiger partial charge in [0, 0.05) is 5.02 Å². The molecule has 0 amide bonds. The van der Waals surface area contributed by atoms with Crippen LogP contribution in [0.4, 0.5) is 4.39 Å². The summed E-state index contributed by atoms with van der Waals surface area (Å²) < 4.78 is 12.8. The third kappa shape index (κ3) is 3.44. The van der Waals surface area contributed by atoms with Gasteiger partial charge in [-0.25, -0.2) is 4.39 Å². The van der Waals surface area contributed by atoms with Gasteiger partial charge in [0.2, 0.25) is 0 Å². The van der Waals surface area contributed by atoms with Gasteiger partial charge in [-0.2, -0.15) is 0 Å². The van der Waals surface area contributed by atoms with Crippen LogP contribution < -0.4 is 5.73 Å². The molecule has 0 radical (unpaired) electrons. The van der Waals surface area contributed by atoms with Crippen LogP contribution in [0.1, 0.15) is 31.9 Å². The Morgan fingerprint density at radius 3 is 2.56 bits per heavy atom. The fourth-order valence-corrected chi connectivity index (χ4v) is 1.90. The van der Waals surface area contributed by atoms with Crippen LogP contribution >= 0.6 is 11.6 Å². The third-order valence-electron chi connectivity index (χ3n) is 2.45. The summed E-state index contributed by atoms with van der Waals surface area (Å²) in [6.45, 7) is 4.00. The van der Waals surface area contributed by atoms with Gasteiger partial charge in [0.1, 0.15) is 5.82 Å². The van der Waals surface area contributed by atoms with E-state index < -0.39 is 18.0 Å². The zero-order valence-corrected chi connectivity index (χ0v) is 10.2. The fraction of sp³-hybridized carbons (Fsp3) is 0.500. The summed E-state index contributed by atoms with van der Waals surface area (Å²) in [5.41, 5.74) is 6.46. The predicted molar refractivity (Wildman–Crippen MR) is 63.8 cm³/mol. The van der Waals surface area contributed by atoms with Crippen molar-refractivity contribution in [3.05, 3.63) is 34.6 Å². The lowest BCUT2D eigenvalue weighted by atomic mass is 9.95. The van der Waals surface area contributed by atoms with Gasteiger partial charge in [-0.15, -0.1) is 0 Å². The van der Waals surface area contributed by atoms with Crippen molar-refractivity contribution in [2.45, 2.75) is 32.4 Å². The Morgan fingerprint density at radius 1 is 1.44 bits per heavy atom. The van der Waals surface area contributed by atoms with Crippen LogP contribution in [0.25, 0.3) is 0 Å². The van der Waals surface area contributed by atoms with Gasteiger partial charge in [0.25, 0.3) is 0 Å². The zero-order chi connectivity index (χ0) is 12.3. The van der Waals surface area contributed by atoms with Crippen LogP contribution in [0.3, 0.4) is 0 Å². The highest BCUT2D eigenvalue weighted by Crippen LogP contribution is 2.26. The molecule has 1 rings (SSSR count). The molecule has 0 bridgehead atoms. The second kappa shape index (κ2) is 5.62. The predicted octanol–water partition coefficient (Wildman–Crippen LogP) is 2.89. The molecule has 0 unspecified atom stereocenters. The Balaban J connectivity index is 2.83. The average molecular weight is 246 g/mol. The van der Waals surface area contributed by atoms with E-state index in [0.717, 1.165) is 0 Å². The van der Waals surface area contributed by atoms with E-state index in [-0.39, 0.29) is 5.02 Å². The van der Waals surface area contributed by atoms with E-state index >= 15 is 0 Å². The van der Waals surface area contributed by atoms with Gasteiger partial charge in [0.05, 0.1) is 12.1 Å². The molecular formula is C12H17ClFNO. The zero-order valence-electron chi connectivity index (χ0n) is 9.45.